The average molecular weight is 324 g/mol. The lowest BCUT2D eigenvalue weighted by Gasteiger charge is -2.30. The van der Waals surface area contributed by atoms with E-state index in [1.165, 1.54) is 0 Å². The van der Waals surface area contributed by atoms with Gasteiger partial charge in [-0.1, -0.05) is 0 Å². The van der Waals surface area contributed by atoms with E-state index in [1.807, 2.05) is 0 Å². The molecule has 6 N–H and O–H groups in total. The van der Waals surface area contributed by atoms with Gasteiger partial charge in [0.2, 0.25) is 12.0 Å². The van der Waals surface area contributed by atoms with Crippen LogP contribution >= 0.6 is 0 Å². The number of ether oxygens (including phenoxy) is 4. The first-order chi connectivity index (χ1) is 10.1. The van der Waals surface area contributed by atoms with Crippen LogP contribution in [0.3, 0.4) is 0 Å². The van der Waals surface area contributed by atoms with Crippen LogP contribution in [0.15, 0.2) is 0 Å². The molecule has 0 aliphatic heterocycles. The minimum Gasteiger partial charge on any atom is -0.458 e. The zero-order valence-corrected chi connectivity index (χ0v) is 13.4. The molecule has 1 unspecified atom stereocenters. The molecule has 0 aromatic heterocycles. The van der Waals surface area contributed by atoms with E-state index < -0.39 is 23.5 Å². The van der Waals surface area contributed by atoms with Gasteiger partial charge in [-0.25, -0.2) is 4.79 Å². The van der Waals surface area contributed by atoms with Crippen molar-refractivity contribution in [2.45, 2.75) is 38.3 Å². The molecule has 0 heterocycles. The van der Waals surface area contributed by atoms with Gasteiger partial charge < -0.3 is 29.2 Å². The number of carbonyl (C=O) groups excluding carboxylic acids is 1. The van der Waals surface area contributed by atoms with Gasteiger partial charge in [0, 0.05) is 0 Å². The molecular formula is C13H28N2O7. The van der Waals surface area contributed by atoms with Crippen LogP contribution in [0.1, 0.15) is 20.8 Å². The van der Waals surface area contributed by atoms with Gasteiger partial charge in [0.25, 0.3) is 0 Å². The quantitative estimate of drug-likeness (QED) is 0.198. The third kappa shape index (κ3) is 10.9. The summed E-state index contributed by atoms with van der Waals surface area (Å²) in [5.41, 5.74) is 9.88. The molecule has 1 atom stereocenters. The number of rotatable bonds is 11. The minimum absolute atomic E-state index is 0.0133. The Morgan fingerprint density at radius 1 is 1.05 bits per heavy atom. The van der Waals surface area contributed by atoms with Gasteiger partial charge in [0.1, 0.15) is 5.60 Å². The van der Waals surface area contributed by atoms with Gasteiger partial charge in [-0.05, 0) is 20.8 Å². The number of hydrogen-bond acceptors (Lipinski definition) is 9. The second-order valence-corrected chi connectivity index (χ2v) is 5.62. The highest BCUT2D eigenvalue weighted by Gasteiger charge is 2.39. The Morgan fingerprint density at radius 3 is 2.00 bits per heavy atom. The average Bonchev–Trinajstić information content (AvgIpc) is 2.33. The van der Waals surface area contributed by atoms with Gasteiger partial charge >= 0.3 is 5.97 Å². The Hall–Kier alpha value is -0.810. The number of aliphatic hydroxyl groups excluding tert-OH is 1. The molecule has 0 aromatic carbocycles. The number of nitrogens with two attached hydrogens (primary N) is 2. The predicted molar refractivity (Wildman–Crippen MR) is 77.6 cm³/mol. The normalized spacial score (nSPS) is 14.0. The zero-order valence-electron chi connectivity index (χ0n) is 13.4. The maximum Gasteiger partial charge on any atom is 0.341 e. The van der Waals surface area contributed by atoms with Crippen molar-refractivity contribution < 1.29 is 34.0 Å². The Kier molecular flexibility index (Phi) is 9.69. The predicted octanol–water partition coefficient (Wildman–Crippen LogP) is -1.70. The van der Waals surface area contributed by atoms with Gasteiger partial charge in [0.05, 0.1) is 39.6 Å². The highest BCUT2D eigenvalue weighted by atomic mass is 16.6. The Labute approximate surface area is 130 Å². The van der Waals surface area contributed by atoms with Crippen molar-refractivity contribution in [3.8, 4) is 0 Å². The van der Waals surface area contributed by atoms with Crippen LogP contribution < -0.4 is 11.5 Å². The topological polar surface area (TPSA) is 146 Å². The molecule has 0 spiro atoms. The van der Waals surface area contributed by atoms with E-state index in [0.29, 0.717) is 13.2 Å². The summed E-state index contributed by atoms with van der Waals surface area (Å²) in [5, 5.41) is 18.1. The zero-order chi connectivity index (χ0) is 17.2. The lowest BCUT2D eigenvalue weighted by Crippen LogP contribution is -2.63. The van der Waals surface area contributed by atoms with Crippen LogP contribution in [-0.4, -0.2) is 73.4 Å². The van der Waals surface area contributed by atoms with E-state index in [2.05, 4.69) is 0 Å². The molecule has 132 valence electrons. The van der Waals surface area contributed by atoms with E-state index in [9.17, 15) is 9.90 Å². The van der Waals surface area contributed by atoms with Crippen molar-refractivity contribution in [3.63, 3.8) is 0 Å². The molecule has 22 heavy (non-hydrogen) atoms. The maximum atomic E-state index is 11.9. The second-order valence-electron chi connectivity index (χ2n) is 5.62. The van der Waals surface area contributed by atoms with Crippen LogP contribution in [0.4, 0.5) is 0 Å². The third-order valence-electron chi connectivity index (χ3n) is 2.16. The highest BCUT2D eigenvalue weighted by molar-refractivity contribution is 5.76. The van der Waals surface area contributed by atoms with Gasteiger partial charge in [-0.3, -0.25) is 11.5 Å². The van der Waals surface area contributed by atoms with Crippen LogP contribution in [0, 0.1) is 0 Å². The summed E-state index contributed by atoms with van der Waals surface area (Å²) in [4.78, 5) is 11.9. The van der Waals surface area contributed by atoms with Crippen molar-refractivity contribution in [2.24, 2.45) is 11.5 Å². The molecule has 0 bridgehead atoms. The minimum atomic E-state index is -2.35. The summed E-state index contributed by atoms with van der Waals surface area (Å²) in [6, 6.07) is 0. The lowest BCUT2D eigenvalue weighted by atomic mass is 10.2. The molecule has 0 aliphatic rings. The fourth-order valence-electron chi connectivity index (χ4n) is 1.36. The van der Waals surface area contributed by atoms with E-state index in [4.69, 9.17) is 35.5 Å². The molecule has 9 nitrogen and oxygen atoms in total. The van der Waals surface area contributed by atoms with Crippen molar-refractivity contribution in [2.75, 3.05) is 39.6 Å². The fraction of sp³-hybridized carbons (Fsp3) is 0.923. The van der Waals surface area contributed by atoms with Crippen LogP contribution in [0.5, 0.6) is 0 Å². The Balaban J connectivity index is 4.10. The number of esters is 1. The first-order valence-electron chi connectivity index (χ1n) is 6.99. The molecular weight excluding hydrogens is 296 g/mol. The Morgan fingerprint density at radius 2 is 1.55 bits per heavy atom. The second kappa shape index (κ2) is 10.1. The summed E-state index contributed by atoms with van der Waals surface area (Å²) in [5.74, 6) is -3.21. The summed E-state index contributed by atoms with van der Waals surface area (Å²) >= 11 is 0. The van der Waals surface area contributed by atoms with Crippen molar-refractivity contribution in [1.82, 2.24) is 0 Å². The summed E-state index contributed by atoms with van der Waals surface area (Å²) in [6.45, 7) is 5.97. The van der Waals surface area contributed by atoms with Gasteiger partial charge in [-0.2, -0.15) is 0 Å². The molecule has 0 saturated carbocycles. The third-order valence-corrected chi connectivity index (χ3v) is 2.16. The molecule has 0 fully saturated rings. The van der Waals surface area contributed by atoms with Crippen LogP contribution in [0.25, 0.3) is 0 Å². The summed E-state index contributed by atoms with van der Waals surface area (Å²) in [7, 11) is 0. The molecule has 0 aromatic rings. The SMILES string of the molecule is CC(C)(C)OC(=O)C(OCCOCCOCCO)C(N)(N)O. The smallest absolute Gasteiger partial charge is 0.341 e. The first kappa shape index (κ1) is 21.2. The monoisotopic (exact) mass is 324 g/mol. The molecule has 0 aliphatic carbocycles. The number of hydrogen-bond donors (Lipinski definition) is 4. The molecule has 0 rings (SSSR count). The lowest BCUT2D eigenvalue weighted by molar-refractivity contribution is -0.188. The summed E-state index contributed by atoms with van der Waals surface area (Å²) < 4.78 is 20.4. The number of aliphatic hydroxyl groups is 2. The highest BCUT2D eigenvalue weighted by Crippen LogP contribution is 2.13. The molecule has 0 amide bonds. The van der Waals surface area contributed by atoms with Crippen LogP contribution in [0.2, 0.25) is 0 Å². The van der Waals surface area contributed by atoms with Gasteiger partial charge in [0.15, 0.2) is 0 Å². The van der Waals surface area contributed by atoms with E-state index in [-0.39, 0.29) is 26.4 Å². The maximum absolute atomic E-state index is 11.9. The fourth-order valence-corrected chi connectivity index (χ4v) is 1.36. The van der Waals surface area contributed by atoms with Crippen molar-refractivity contribution in [1.29, 1.82) is 0 Å². The molecule has 9 heteroatoms. The molecule has 0 saturated heterocycles. The van der Waals surface area contributed by atoms with Crippen molar-refractivity contribution in [3.05, 3.63) is 0 Å². The summed E-state index contributed by atoms with van der Waals surface area (Å²) in [6.07, 6.45) is -1.53. The number of carbonyl (C=O) groups is 1. The van der Waals surface area contributed by atoms with Crippen LogP contribution in [-0.2, 0) is 23.7 Å². The van der Waals surface area contributed by atoms with E-state index in [1.54, 1.807) is 20.8 Å². The largest absolute Gasteiger partial charge is 0.458 e. The molecule has 0 radical (unpaired) electrons. The van der Waals surface area contributed by atoms with Crippen molar-refractivity contribution >= 4 is 5.97 Å². The van der Waals surface area contributed by atoms with Gasteiger partial charge in [-0.15, -0.1) is 0 Å². The Bertz CT molecular complexity index is 312. The van der Waals surface area contributed by atoms with E-state index in [0.717, 1.165) is 0 Å². The first-order valence-corrected chi connectivity index (χ1v) is 6.99. The standard InChI is InChI=1S/C13H28N2O7/c1-12(2,3)22-11(17)10(13(14,15)18)21-9-8-20-7-6-19-5-4-16/h10,16,18H,4-9,14-15H2,1-3H3. The van der Waals surface area contributed by atoms with E-state index >= 15 is 0 Å².